The zero-order chi connectivity index (χ0) is 11.5. The number of hydrazine groups is 1. The van der Waals surface area contributed by atoms with Gasteiger partial charge >= 0.3 is 0 Å². The first-order valence-corrected chi connectivity index (χ1v) is 6.67. The number of thioether (sulfide) groups is 1. The number of halogens is 2. The van der Waals surface area contributed by atoms with Crippen molar-refractivity contribution in [2.24, 2.45) is 5.84 Å². The maximum Gasteiger partial charge on any atom is 0.123 e. The molecule has 1 heterocycles. The lowest BCUT2D eigenvalue weighted by Gasteiger charge is -2.23. The minimum atomic E-state index is -0.275. The fraction of sp³-hybridized carbons (Fsp3) is 0.455. The summed E-state index contributed by atoms with van der Waals surface area (Å²) in [6.45, 7) is 0. The average Bonchev–Trinajstić information content (AvgIpc) is 2.78. The van der Waals surface area contributed by atoms with Gasteiger partial charge in [-0.05, 0) is 42.4 Å². The van der Waals surface area contributed by atoms with Crippen molar-refractivity contribution in [3.63, 3.8) is 0 Å². The van der Waals surface area contributed by atoms with Gasteiger partial charge in [0, 0.05) is 10.3 Å². The van der Waals surface area contributed by atoms with E-state index in [1.807, 2.05) is 11.8 Å². The van der Waals surface area contributed by atoms with E-state index in [0.29, 0.717) is 10.3 Å². The fourth-order valence-electron chi connectivity index (χ4n) is 2.02. The highest BCUT2D eigenvalue weighted by atomic mass is 35.5. The summed E-state index contributed by atoms with van der Waals surface area (Å²) in [7, 11) is 0. The molecule has 1 aliphatic heterocycles. The minimum absolute atomic E-state index is 0.0734. The smallest absolute Gasteiger partial charge is 0.123 e. The van der Waals surface area contributed by atoms with Crippen molar-refractivity contribution in [3.05, 3.63) is 34.6 Å². The molecule has 0 saturated carbocycles. The molecule has 0 aromatic heterocycles. The third-order valence-corrected chi connectivity index (χ3v) is 4.61. The second kappa shape index (κ2) is 5.36. The van der Waals surface area contributed by atoms with Gasteiger partial charge in [0.1, 0.15) is 5.82 Å². The molecule has 2 unspecified atom stereocenters. The molecule has 1 aromatic carbocycles. The van der Waals surface area contributed by atoms with Crippen LogP contribution in [0.15, 0.2) is 18.2 Å². The van der Waals surface area contributed by atoms with Gasteiger partial charge in [-0.25, -0.2) is 4.39 Å². The van der Waals surface area contributed by atoms with Crippen molar-refractivity contribution >= 4 is 23.4 Å². The van der Waals surface area contributed by atoms with Crippen molar-refractivity contribution in [2.75, 3.05) is 5.75 Å². The van der Waals surface area contributed by atoms with Gasteiger partial charge in [0.25, 0.3) is 0 Å². The molecule has 3 N–H and O–H groups in total. The molecule has 88 valence electrons. The second-order valence-corrected chi connectivity index (χ2v) is 5.62. The van der Waals surface area contributed by atoms with E-state index in [1.165, 1.54) is 18.6 Å². The SMILES string of the molecule is NNC(c1cc(F)ccc1Cl)C1CCCS1. The number of nitrogens with two attached hydrogens (primary N) is 1. The molecule has 1 aromatic rings. The molecule has 0 aliphatic carbocycles. The largest absolute Gasteiger partial charge is 0.271 e. The summed E-state index contributed by atoms with van der Waals surface area (Å²) in [5.74, 6) is 6.42. The van der Waals surface area contributed by atoms with Crippen LogP contribution in [0.5, 0.6) is 0 Å². The lowest BCUT2D eigenvalue weighted by Crippen LogP contribution is -2.34. The molecule has 0 amide bonds. The van der Waals surface area contributed by atoms with E-state index in [-0.39, 0.29) is 11.9 Å². The molecule has 1 aliphatic rings. The van der Waals surface area contributed by atoms with Crippen LogP contribution in [0.25, 0.3) is 0 Å². The predicted molar refractivity (Wildman–Crippen MR) is 67.0 cm³/mol. The van der Waals surface area contributed by atoms with Crippen LogP contribution >= 0.6 is 23.4 Å². The molecule has 1 saturated heterocycles. The van der Waals surface area contributed by atoms with Crippen molar-refractivity contribution in [1.29, 1.82) is 0 Å². The van der Waals surface area contributed by atoms with Gasteiger partial charge in [-0.3, -0.25) is 11.3 Å². The Morgan fingerprint density at radius 3 is 3.00 bits per heavy atom. The van der Waals surface area contributed by atoms with Gasteiger partial charge in [-0.2, -0.15) is 11.8 Å². The van der Waals surface area contributed by atoms with E-state index < -0.39 is 0 Å². The summed E-state index contributed by atoms with van der Waals surface area (Å²) in [6, 6.07) is 4.33. The van der Waals surface area contributed by atoms with Gasteiger partial charge < -0.3 is 0 Å². The van der Waals surface area contributed by atoms with Crippen LogP contribution in [0.2, 0.25) is 5.02 Å². The molecular weight excluding hydrogens is 247 g/mol. The fourth-order valence-corrected chi connectivity index (χ4v) is 3.64. The molecule has 2 atom stereocenters. The van der Waals surface area contributed by atoms with Crippen LogP contribution < -0.4 is 11.3 Å². The quantitative estimate of drug-likeness (QED) is 0.648. The van der Waals surface area contributed by atoms with Gasteiger partial charge in [-0.15, -0.1) is 0 Å². The number of nitrogens with one attached hydrogen (secondary N) is 1. The highest BCUT2D eigenvalue weighted by Crippen LogP contribution is 2.37. The number of hydrogen-bond acceptors (Lipinski definition) is 3. The molecule has 16 heavy (non-hydrogen) atoms. The van der Waals surface area contributed by atoms with Crippen molar-refractivity contribution in [3.8, 4) is 0 Å². The Labute approximate surface area is 104 Å². The molecule has 2 rings (SSSR count). The van der Waals surface area contributed by atoms with E-state index in [1.54, 1.807) is 6.07 Å². The minimum Gasteiger partial charge on any atom is -0.271 e. The van der Waals surface area contributed by atoms with Crippen LogP contribution in [0.3, 0.4) is 0 Å². The number of rotatable bonds is 3. The molecular formula is C11H14ClFN2S. The second-order valence-electron chi connectivity index (χ2n) is 3.86. The average molecular weight is 261 g/mol. The van der Waals surface area contributed by atoms with E-state index in [0.717, 1.165) is 17.7 Å². The predicted octanol–water partition coefficient (Wildman–Crippen LogP) is 2.88. The molecule has 0 radical (unpaired) electrons. The number of hydrogen-bond donors (Lipinski definition) is 2. The number of benzene rings is 1. The molecule has 0 spiro atoms. The van der Waals surface area contributed by atoms with Gasteiger partial charge in [0.2, 0.25) is 0 Å². The van der Waals surface area contributed by atoms with E-state index in [2.05, 4.69) is 5.43 Å². The highest BCUT2D eigenvalue weighted by Gasteiger charge is 2.27. The van der Waals surface area contributed by atoms with Crippen LogP contribution in [-0.4, -0.2) is 11.0 Å². The van der Waals surface area contributed by atoms with Gasteiger partial charge in [0.05, 0.1) is 6.04 Å². The molecule has 0 bridgehead atoms. The third-order valence-electron chi connectivity index (χ3n) is 2.81. The summed E-state index contributed by atoms with van der Waals surface area (Å²) in [4.78, 5) is 0. The van der Waals surface area contributed by atoms with Crippen LogP contribution in [0.4, 0.5) is 4.39 Å². The third kappa shape index (κ3) is 2.51. The summed E-state index contributed by atoms with van der Waals surface area (Å²) < 4.78 is 13.2. The maximum absolute atomic E-state index is 13.2. The molecule has 2 nitrogen and oxygen atoms in total. The first-order chi connectivity index (χ1) is 7.72. The Balaban J connectivity index is 2.28. The normalized spacial score (nSPS) is 22.3. The van der Waals surface area contributed by atoms with Gasteiger partial charge in [-0.1, -0.05) is 11.6 Å². The van der Waals surface area contributed by atoms with Crippen LogP contribution in [0.1, 0.15) is 24.4 Å². The summed E-state index contributed by atoms with van der Waals surface area (Å²) >= 11 is 7.94. The lowest BCUT2D eigenvalue weighted by molar-refractivity contribution is 0.516. The topological polar surface area (TPSA) is 38.0 Å². The Morgan fingerprint density at radius 1 is 1.56 bits per heavy atom. The van der Waals surface area contributed by atoms with Crippen LogP contribution in [0, 0.1) is 5.82 Å². The first kappa shape index (κ1) is 12.2. The highest BCUT2D eigenvalue weighted by molar-refractivity contribution is 8.00. The first-order valence-electron chi connectivity index (χ1n) is 5.25. The lowest BCUT2D eigenvalue weighted by atomic mass is 10.0. The standard InChI is InChI=1S/C11H14ClFN2S/c12-9-4-3-7(13)6-8(9)11(15-14)10-2-1-5-16-10/h3-4,6,10-11,15H,1-2,5,14H2. The zero-order valence-electron chi connectivity index (χ0n) is 8.75. The summed E-state index contributed by atoms with van der Waals surface area (Å²) in [6.07, 6.45) is 2.27. The molecule has 1 fully saturated rings. The van der Waals surface area contributed by atoms with E-state index >= 15 is 0 Å². The van der Waals surface area contributed by atoms with Crippen LogP contribution in [-0.2, 0) is 0 Å². The Kier molecular flexibility index (Phi) is 4.08. The van der Waals surface area contributed by atoms with Crippen molar-refractivity contribution < 1.29 is 4.39 Å². The van der Waals surface area contributed by atoms with Crippen molar-refractivity contribution in [2.45, 2.75) is 24.1 Å². The molecule has 5 heteroatoms. The maximum atomic E-state index is 13.2. The van der Waals surface area contributed by atoms with E-state index in [4.69, 9.17) is 17.4 Å². The Morgan fingerprint density at radius 2 is 2.38 bits per heavy atom. The monoisotopic (exact) mass is 260 g/mol. The van der Waals surface area contributed by atoms with Crippen molar-refractivity contribution in [1.82, 2.24) is 5.43 Å². The van der Waals surface area contributed by atoms with E-state index in [9.17, 15) is 4.39 Å². The van der Waals surface area contributed by atoms with Gasteiger partial charge in [0.15, 0.2) is 0 Å². The summed E-state index contributed by atoms with van der Waals surface area (Å²) in [5.41, 5.74) is 3.51. The Bertz CT molecular complexity index is 369. The Hall–Kier alpha value is -0.290. The zero-order valence-corrected chi connectivity index (χ0v) is 10.3. The summed E-state index contributed by atoms with van der Waals surface area (Å²) in [5, 5.41) is 0.946.